The minimum Gasteiger partial charge on any atom is -0.329 e. The SMILES string of the molecule is CCCCC(CC)C(=O)C(C)(C)CN. The Morgan fingerprint density at radius 2 is 1.93 bits per heavy atom. The zero-order valence-electron chi connectivity index (χ0n) is 10.1. The van der Waals surface area contributed by atoms with Gasteiger partial charge in [0.15, 0.2) is 0 Å². The lowest BCUT2D eigenvalue weighted by Crippen LogP contribution is -2.37. The van der Waals surface area contributed by atoms with Crippen molar-refractivity contribution in [1.82, 2.24) is 0 Å². The Labute approximate surface area is 88.3 Å². The fraction of sp³-hybridized carbons (Fsp3) is 0.917. The molecule has 0 aliphatic heterocycles. The minimum atomic E-state index is -0.339. The summed E-state index contributed by atoms with van der Waals surface area (Å²) in [5.74, 6) is 0.560. The van der Waals surface area contributed by atoms with Crippen molar-refractivity contribution in [3.63, 3.8) is 0 Å². The maximum absolute atomic E-state index is 12.1. The molecule has 2 nitrogen and oxygen atoms in total. The van der Waals surface area contributed by atoms with E-state index in [1.807, 2.05) is 13.8 Å². The van der Waals surface area contributed by atoms with Crippen molar-refractivity contribution in [3.05, 3.63) is 0 Å². The lowest BCUT2D eigenvalue weighted by molar-refractivity contribution is -0.131. The van der Waals surface area contributed by atoms with Crippen LogP contribution in [0.5, 0.6) is 0 Å². The first-order valence-electron chi connectivity index (χ1n) is 5.74. The molecule has 14 heavy (non-hydrogen) atoms. The van der Waals surface area contributed by atoms with Gasteiger partial charge in [-0.1, -0.05) is 40.5 Å². The number of hydrogen-bond donors (Lipinski definition) is 1. The van der Waals surface area contributed by atoms with Gasteiger partial charge in [-0.2, -0.15) is 0 Å². The number of hydrogen-bond acceptors (Lipinski definition) is 2. The summed E-state index contributed by atoms with van der Waals surface area (Å²) in [5.41, 5.74) is 5.27. The molecule has 0 saturated carbocycles. The largest absolute Gasteiger partial charge is 0.329 e. The molecule has 0 aliphatic carbocycles. The van der Waals surface area contributed by atoms with Crippen LogP contribution in [0.25, 0.3) is 0 Å². The topological polar surface area (TPSA) is 43.1 Å². The number of ketones is 1. The number of carbonyl (C=O) groups is 1. The highest BCUT2D eigenvalue weighted by atomic mass is 16.1. The molecule has 0 heterocycles. The average Bonchev–Trinajstić information content (AvgIpc) is 2.18. The zero-order valence-corrected chi connectivity index (χ0v) is 10.1. The molecule has 0 saturated heterocycles. The van der Waals surface area contributed by atoms with Gasteiger partial charge in [-0.15, -0.1) is 0 Å². The summed E-state index contributed by atoms with van der Waals surface area (Å²) in [7, 11) is 0. The molecule has 1 unspecified atom stereocenters. The van der Waals surface area contributed by atoms with Crippen LogP contribution in [0.2, 0.25) is 0 Å². The Hall–Kier alpha value is -0.370. The van der Waals surface area contributed by atoms with Crippen LogP contribution < -0.4 is 5.73 Å². The van der Waals surface area contributed by atoms with Gasteiger partial charge >= 0.3 is 0 Å². The van der Waals surface area contributed by atoms with Crippen LogP contribution in [0.4, 0.5) is 0 Å². The predicted molar refractivity (Wildman–Crippen MR) is 61.1 cm³/mol. The van der Waals surface area contributed by atoms with E-state index in [1.165, 1.54) is 0 Å². The molecule has 2 N–H and O–H groups in total. The second-order valence-electron chi connectivity index (χ2n) is 4.70. The molecule has 0 spiro atoms. The van der Waals surface area contributed by atoms with Crippen LogP contribution in [0, 0.1) is 11.3 Å². The van der Waals surface area contributed by atoms with E-state index < -0.39 is 0 Å². The van der Waals surface area contributed by atoms with Gasteiger partial charge in [0.05, 0.1) is 0 Å². The summed E-state index contributed by atoms with van der Waals surface area (Å²) in [6.07, 6.45) is 4.27. The highest BCUT2D eigenvalue weighted by molar-refractivity contribution is 5.86. The number of unbranched alkanes of at least 4 members (excludes halogenated alkanes) is 1. The van der Waals surface area contributed by atoms with Crippen LogP contribution in [-0.4, -0.2) is 12.3 Å². The third kappa shape index (κ3) is 3.79. The molecule has 2 heteroatoms. The molecule has 0 fully saturated rings. The van der Waals surface area contributed by atoms with Gasteiger partial charge < -0.3 is 5.73 Å². The van der Waals surface area contributed by atoms with E-state index in [9.17, 15) is 4.79 Å². The molecule has 0 amide bonds. The molecule has 0 aromatic heterocycles. The smallest absolute Gasteiger partial charge is 0.142 e. The molecule has 84 valence electrons. The van der Waals surface area contributed by atoms with Crippen LogP contribution in [0.3, 0.4) is 0 Å². The van der Waals surface area contributed by atoms with Crippen LogP contribution in [-0.2, 0) is 4.79 Å². The Kier molecular flexibility index (Phi) is 6.01. The summed E-state index contributed by atoms with van der Waals surface area (Å²) >= 11 is 0. The molecule has 1 atom stereocenters. The third-order valence-electron chi connectivity index (χ3n) is 2.95. The fourth-order valence-corrected chi connectivity index (χ4v) is 1.62. The summed E-state index contributed by atoms with van der Waals surface area (Å²) in [4.78, 5) is 12.1. The van der Waals surface area contributed by atoms with Crippen molar-refractivity contribution in [2.75, 3.05) is 6.54 Å². The van der Waals surface area contributed by atoms with Crippen LogP contribution >= 0.6 is 0 Å². The van der Waals surface area contributed by atoms with Gasteiger partial charge in [-0.25, -0.2) is 0 Å². The fourth-order valence-electron chi connectivity index (χ4n) is 1.62. The molecule has 0 rings (SSSR count). The normalized spacial score (nSPS) is 14.1. The second-order valence-corrected chi connectivity index (χ2v) is 4.70. The molecular weight excluding hydrogens is 174 g/mol. The highest BCUT2D eigenvalue weighted by Crippen LogP contribution is 2.25. The maximum Gasteiger partial charge on any atom is 0.142 e. The van der Waals surface area contributed by atoms with E-state index in [4.69, 9.17) is 5.73 Å². The number of nitrogens with two attached hydrogens (primary N) is 1. The molecular formula is C12H25NO. The minimum absolute atomic E-state index is 0.216. The average molecular weight is 199 g/mol. The van der Waals surface area contributed by atoms with Crippen molar-refractivity contribution in [1.29, 1.82) is 0 Å². The quantitative estimate of drug-likeness (QED) is 0.685. The van der Waals surface area contributed by atoms with E-state index in [0.717, 1.165) is 25.7 Å². The zero-order chi connectivity index (χ0) is 11.2. The number of rotatable bonds is 7. The van der Waals surface area contributed by atoms with Crippen LogP contribution in [0.15, 0.2) is 0 Å². The first kappa shape index (κ1) is 13.6. The highest BCUT2D eigenvalue weighted by Gasteiger charge is 2.30. The lowest BCUT2D eigenvalue weighted by Gasteiger charge is -2.26. The Bertz CT molecular complexity index is 175. The summed E-state index contributed by atoms with van der Waals surface area (Å²) in [6, 6.07) is 0. The molecule has 0 aliphatic rings. The first-order valence-corrected chi connectivity index (χ1v) is 5.74. The van der Waals surface area contributed by atoms with Crippen molar-refractivity contribution in [3.8, 4) is 0 Å². The Balaban J connectivity index is 4.30. The van der Waals surface area contributed by atoms with E-state index in [2.05, 4.69) is 13.8 Å². The number of Topliss-reactive ketones (excluding diaryl/α,β-unsaturated/α-hetero) is 1. The number of carbonyl (C=O) groups excluding carboxylic acids is 1. The standard InChI is InChI=1S/C12H25NO/c1-5-7-8-10(6-2)11(14)12(3,4)9-13/h10H,5-9,13H2,1-4H3. The summed E-state index contributed by atoms with van der Waals surface area (Å²) in [5, 5.41) is 0. The molecule has 0 bridgehead atoms. The summed E-state index contributed by atoms with van der Waals surface area (Å²) < 4.78 is 0. The maximum atomic E-state index is 12.1. The van der Waals surface area contributed by atoms with Crippen molar-refractivity contribution < 1.29 is 4.79 Å². The predicted octanol–water partition coefficient (Wildman–Crippen LogP) is 2.76. The van der Waals surface area contributed by atoms with Gasteiger partial charge in [-0.05, 0) is 12.8 Å². The third-order valence-corrected chi connectivity index (χ3v) is 2.95. The van der Waals surface area contributed by atoms with Gasteiger partial charge in [-0.3, -0.25) is 4.79 Å². The molecule has 0 radical (unpaired) electrons. The van der Waals surface area contributed by atoms with Crippen molar-refractivity contribution >= 4 is 5.78 Å². The van der Waals surface area contributed by atoms with Gasteiger partial charge in [0.2, 0.25) is 0 Å². The first-order chi connectivity index (χ1) is 6.49. The van der Waals surface area contributed by atoms with Crippen molar-refractivity contribution in [2.24, 2.45) is 17.1 Å². The van der Waals surface area contributed by atoms with E-state index in [-0.39, 0.29) is 11.3 Å². The molecule has 0 aromatic carbocycles. The van der Waals surface area contributed by atoms with Gasteiger partial charge in [0.1, 0.15) is 5.78 Å². The van der Waals surface area contributed by atoms with Crippen molar-refractivity contribution in [2.45, 2.75) is 53.4 Å². The molecule has 0 aromatic rings. The Morgan fingerprint density at radius 1 is 1.36 bits per heavy atom. The second kappa shape index (κ2) is 6.18. The van der Waals surface area contributed by atoms with E-state index in [1.54, 1.807) is 0 Å². The monoisotopic (exact) mass is 199 g/mol. The van der Waals surface area contributed by atoms with E-state index in [0.29, 0.717) is 12.3 Å². The lowest BCUT2D eigenvalue weighted by atomic mass is 9.78. The van der Waals surface area contributed by atoms with E-state index >= 15 is 0 Å². The van der Waals surface area contributed by atoms with Gasteiger partial charge in [0.25, 0.3) is 0 Å². The van der Waals surface area contributed by atoms with Crippen LogP contribution in [0.1, 0.15) is 53.4 Å². The summed E-state index contributed by atoms with van der Waals surface area (Å²) in [6.45, 7) is 8.60. The van der Waals surface area contributed by atoms with Gasteiger partial charge in [0, 0.05) is 17.9 Å². The Morgan fingerprint density at radius 3 is 2.29 bits per heavy atom.